The number of nitrogens with two attached hydrogens (primary N) is 1. The first kappa shape index (κ1) is 20.6. The first-order chi connectivity index (χ1) is 14.8. The number of nitrogen functional groups attached to an aromatic ring is 1. The van der Waals surface area contributed by atoms with Crippen molar-refractivity contribution in [3.63, 3.8) is 0 Å². The van der Waals surface area contributed by atoms with E-state index in [2.05, 4.69) is 39.2 Å². The molecule has 9 heteroatoms. The highest BCUT2D eigenvalue weighted by atomic mass is 19.3. The van der Waals surface area contributed by atoms with Crippen molar-refractivity contribution >= 4 is 5.82 Å². The Morgan fingerprint density at radius 3 is 2.55 bits per heavy atom. The largest absolute Gasteiger partial charge is 0.431 e. The highest BCUT2D eigenvalue weighted by Gasteiger charge is 2.71. The number of alkyl halides is 2. The molecule has 168 valence electrons. The van der Waals surface area contributed by atoms with Gasteiger partial charge >= 0.3 is 6.61 Å². The van der Waals surface area contributed by atoms with Crippen LogP contribution >= 0.6 is 0 Å². The van der Waals surface area contributed by atoms with Crippen LogP contribution in [0.1, 0.15) is 38.9 Å². The van der Waals surface area contributed by atoms with Crippen molar-refractivity contribution in [1.82, 2.24) is 19.4 Å². The molecule has 6 rings (SSSR count). The number of aromatic nitrogens is 3. The van der Waals surface area contributed by atoms with Crippen LogP contribution < -0.4 is 10.5 Å². The summed E-state index contributed by atoms with van der Waals surface area (Å²) >= 11 is 0. The van der Waals surface area contributed by atoms with Crippen LogP contribution in [-0.4, -0.2) is 57.9 Å². The summed E-state index contributed by atoms with van der Waals surface area (Å²) in [4.78, 5) is 11.5. The van der Waals surface area contributed by atoms with E-state index >= 15 is 0 Å². The Kier molecular flexibility index (Phi) is 4.93. The molecule has 4 fully saturated rings. The zero-order valence-electron chi connectivity index (χ0n) is 18.0. The number of rotatable bonds is 7. The summed E-state index contributed by atoms with van der Waals surface area (Å²) in [7, 11) is 0. The molecule has 1 aliphatic heterocycles. The molecule has 4 aliphatic rings. The third kappa shape index (κ3) is 3.47. The van der Waals surface area contributed by atoms with Gasteiger partial charge in [-0.1, -0.05) is 13.8 Å². The van der Waals surface area contributed by atoms with Crippen LogP contribution in [0.4, 0.5) is 14.6 Å². The van der Waals surface area contributed by atoms with Gasteiger partial charge in [-0.15, -0.1) is 0 Å². The minimum atomic E-state index is -2.95. The molecule has 1 saturated heterocycles. The maximum absolute atomic E-state index is 12.7. The summed E-state index contributed by atoms with van der Waals surface area (Å²) in [6.45, 7) is 5.05. The third-order valence-electron chi connectivity index (χ3n) is 6.93. The van der Waals surface area contributed by atoms with Crippen molar-refractivity contribution in [2.24, 2.45) is 5.92 Å². The predicted molar refractivity (Wildman–Crippen MR) is 112 cm³/mol. The Morgan fingerprint density at radius 2 is 1.90 bits per heavy atom. The molecule has 0 aromatic carbocycles. The fraction of sp³-hybridized carbons (Fsp3) is 0.636. The standard InChI is InChI=1S/C22H29F2N5O2/c1-14(2)7-18-27-16(15-8-17(31-20(23)24)19(25)26-9-15)10-29(18)22-11-21(12-22,13-22)28-3-5-30-6-4-28/h8-10,14,20H,3-7,11-13H2,1-2H3,(H2,25,26). The summed E-state index contributed by atoms with van der Waals surface area (Å²) in [5.41, 5.74) is 7.46. The lowest BCUT2D eigenvalue weighted by Gasteiger charge is -2.74. The highest BCUT2D eigenvalue weighted by Crippen LogP contribution is 2.68. The maximum Gasteiger partial charge on any atom is 0.387 e. The lowest BCUT2D eigenvalue weighted by atomic mass is 9.43. The Balaban J connectivity index is 1.42. The number of halogens is 2. The second-order valence-electron chi connectivity index (χ2n) is 9.57. The van der Waals surface area contributed by atoms with Crippen molar-refractivity contribution in [1.29, 1.82) is 0 Å². The molecule has 31 heavy (non-hydrogen) atoms. The van der Waals surface area contributed by atoms with Gasteiger partial charge in [-0.25, -0.2) is 9.97 Å². The summed E-state index contributed by atoms with van der Waals surface area (Å²) in [5.74, 6) is 1.31. The molecule has 3 saturated carbocycles. The van der Waals surface area contributed by atoms with Crippen molar-refractivity contribution in [2.45, 2.75) is 57.2 Å². The van der Waals surface area contributed by atoms with Gasteiger partial charge in [0.1, 0.15) is 5.82 Å². The SMILES string of the molecule is CC(C)Cc1nc(-c2cnc(N)c(OC(F)F)c2)cn1C12CC(N3CCOCC3)(C1)C2. The van der Waals surface area contributed by atoms with E-state index in [-0.39, 0.29) is 17.1 Å². The van der Waals surface area contributed by atoms with Crippen molar-refractivity contribution in [2.75, 3.05) is 32.0 Å². The maximum atomic E-state index is 12.7. The monoisotopic (exact) mass is 433 g/mol. The Morgan fingerprint density at radius 1 is 1.19 bits per heavy atom. The number of imidazole rings is 1. The number of anilines is 1. The van der Waals surface area contributed by atoms with Gasteiger partial charge in [-0.3, -0.25) is 4.90 Å². The molecular weight excluding hydrogens is 404 g/mol. The van der Waals surface area contributed by atoms with E-state index in [1.165, 1.54) is 6.07 Å². The van der Waals surface area contributed by atoms with Gasteiger partial charge in [0.25, 0.3) is 0 Å². The minimum absolute atomic E-state index is 0.0576. The van der Waals surface area contributed by atoms with Crippen molar-refractivity contribution in [3.05, 3.63) is 24.3 Å². The van der Waals surface area contributed by atoms with Gasteiger partial charge in [-0.2, -0.15) is 8.78 Å². The van der Waals surface area contributed by atoms with Gasteiger partial charge < -0.3 is 19.8 Å². The number of nitrogens with zero attached hydrogens (tertiary/aromatic N) is 4. The molecule has 3 aliphatic carbocycles. The molecule has 0 radical (unpaired) electrons. The molecular formula is C22H29F2N5O2. The first-order valence-corrected chi connectivity index (χ1v) is 10.9. The van der Waals surface area contributed by atoms with Gasteiger partial charge in [0.2, 0.25) is 0 Å². The zero-order valence-corrected chi connectivity index (χ0v) is 18.0. The quantitative estimate of drug-likeness (QED) is 0.722. The molecule has 0 spiro atoms. The average molecular weight is 434 g/mol. The van der Waals surface area contributed by atoms with E-state index in [0.717, 1.165) is 57.8 Å². The smallest absolute Gasteiger partial charge is 0.387 e. The Bertz CT molecular complexity index is 951. The molecule has 2 N–H and O–H groups in total. The molecule has 0 amide bonds. The van der Waals surface area contributed by atoms with E-state index in [0.29, 0.717) is 22.7 Å². The Hall–Kier alpha value is -2.26. The van der Waals surface area contributed by atoms with Crippen LogP contribution in [0.15, 0.2) is 18.5 Å². The van der Waals surface area contributed by atoms with Crippen LogP contribution in [0, 0.1) is 5.92 Å². The number of hydrogen-bond acceptors (Lipinski definition) is 6. The van der Waals surface area contributed by atoms with Gasteiger partial charge in [-0.05, 0) is 31.2 Å². The number of hydrogen-bond donors (Lipinski definition) is 1. The molecule has 7 nitrogen and oxygen atoms in total. The summed E-state index contributed by atoms with van der Waals surface area (Å²) < 4.78 is 37.8. The van der Waals surface area contributed by atoms with Gasteiger partial charge in [0.05, 0.1) is 24.4 Å². The van der Waals surface area contributed by atoms with Crippen LogP contribution in [0.5, 0.6) is 5.75 Å². The molecule has 2 aromatic rings. The summed E-state index contributed by atoms with van der Waals surface area (Å²) in [6.07, 6.45) is 7.85. The van der Waals surface area contributed by atoms with E-state index in [1.807, 2.05) is 0 Å². The summed E-state index contributed by atoms with van der Waals surface area (Å²) in [6, 6.07) is 1.50. The average Bonchev–Trinajstić information content (AvgIpc) is 3.05. The Labute approximate surface area is 180 Å². The van der Waals surface area contributed by atoms with Crippen LogP contribution in [0.25, 0.3) is 11.3 Å². The van der Waals surface area contributed by atoms with E-state index in [1.54, 1.807) is 6.20 Å². The van der Waals surface area contributed by atoms with Crippen molar-refractivity contribution in [3.8, 4) is 17.0 Å². The second-order valence-corrected chi connectivity index (χ2v) is 9.57. The lowest BCUT2D eigenvalue weighted by molar-refractivity contribution is -0.221. The predicted octanol–water partition coefficient (Wildman–Crippen LogP) is 3.29. The van der Waals surface area contributed by atoms with Crippen LogP contribution in [-0.2, 0) is 16.7 Å². The fourth-order valence-corrected chi connectivity index (χ4v) is 5.57. The first-order valence-electron chi connectivity index (χ1n) is 10.9. The number of pyridine rings is 1. The van der Waals surface area contributed by atoms with Crippen molar-refractivity contribution < 1.29 is 18.3 Å². The number of ether oxygens (including phenoxy) is 2. The lowest BCUT2D eigenvalue weighted by Crippen LogP contribution is -2.79. The molecule has 0 atom stereocenters. The molecule has 2 aromatic heterocycles. The van der Waals surface area contributed by atoms with Crippen LogP contribution in [0.2, 0.25) is 0 Å². The second kappa shape index (κ2) is 7.41. The van der Waals surface area contributed by atoms with E-state index in [9.17, 15) is 8.78 Å². The minimum Gasteiger partial charge on any atom is -0.431 e. The topological polar surface area (TPSA) is 78.4 Å². The third-order valence-corrected chi connectivity index (χ3v) is 6.93. The van der Waals surface area contributed by atoms with E-state index in [4.69, 9.17) is 15.5 Å². The normalized spacial score (nSPS) is 27.9. The fourth-order valence-electron chi connectivity index (χ4n) is 5.57. The molecule has 0 unspecified atom stereocenters. The van der Waals surface area contributed by atoms with E-state index < -0.39 is 6.61 Å². The van der Waals surface area contributed by atoms with Crippen LogP contribution in [0.3, 0.4) is 0 Å². The van der Waals surface area contributed by atoms with Gasteiger partial charge in [0.15, 0.2) is 11.6 Å². The molecule has 2 bridgehead atoms. The highest BCUT2D eigenvalue weighted by molar-refractivity contribution is 5.64. The number of morpholine rings is 1. The zero-order chi connectivity index (χ0) is 21.8. The molecule has 3 heterocycles. The summed E-state index contributed by atoms with van der Waals surface area (Å²) in [5, 5.41) is 0. The van der Waals surface area contributed by atoms with Gasteiger partial charge in [0, 0.05) is 43.0 Å².